The van der Waals surface area contributed by atoms with Gasteiger partial charge in [-0.25, -0.2) is 9.59 Å². The Kier molecular flexibility index (Phi) is 5.49. The molecule has 2 aromatic rings. The number of carbonyl (C=O) groups is 2. The van der Waals surface area contributed by atoms with E-state index in [0.717, 1.165) is 5.69 Å². The fourth-order valence-electron chi connectivity index (χ4n) is 2.83. The second-order valence-electron chi connectivity index (χ2n) is 5.80. The van der Waals surface area contributed by atoms with Gasteiger partial charge in [-0.15, -0.1) is 0 Å². The molecule has 0 aromatic carbocycles. The van der Waals surface area contributed by atoms with Crippen LogP contribution in [-0.2, 0) is 22.3 Å². The molecule has 7 heteroatoms. The normalized spacial score (nSPS) is 13.6. The maximum absolute atomic E-state index is 13.0. The number of fused-ring (bicyclic) bond motifs is 4. The molecule has 1 aliphatic heterocycles. The molecule has 0 fully saturated rings. The number of pyridine rings is 1. The monoisotopic (exact) mass is 369 g/mol. The highest BCUT2D eigenvalue weighted by molar-refractivity contribution is 5.98. The highest BCUT2D eigenvalue weighted by atomic mass is 16.5. The Morgan fingerprint density at radius 3 is 2.44 bits per heavy atom. The first-order chi connectivity index (χ1) is 13.0. The third-order valence-electron chi connectivity index (χ3n) is 4.01. The van der Waals surface area contributed by atoms with Gasteiger partial charge in [0.25, 0.3) is 0 Å². The standard InChI is InChI=1S/C20H19NO6/c1-3-25-19(23)16-14-10-8-12-6-5-7-13(21-12)9-11-15(27-14)17(18(16)22)20(24)26-4-2/h5-8,10H,3-4,9,11H2,1-2H3/b10-8-. The molecule has 0 N–H and O–H groups in total. The molecular formula is C20H19NO6. The Morgan fingerprint density at radius 2 is 1.74 bits per heavy atom. The van der Waals surface area contributed by atoms with E-state index in [2.05, 4.69) is 4.98 Å². The molecule has 0 saturated carbocycles. The van der Waals surface area contributed by atoms with Crippen LogP contribution in [-0.4, -0.2) is 30.1 Å². The second-order valence-corrected chi connectivity index (χ2v) is 5.80. The van der Waals surface area contributed by atoms with Gasteiger partial charge in [-0.05, 0) is 44.6 Å². The number of carbonyl (C=O) groups excluding carboxylic acids is 2. The quantitative estimate of drug-likeness (QED) is 0.765. The molecule has 7 nitrogen and oxygen atoms in total. The third-order valence-corrected chi connectivity index (χ3v) is 4.01. The van der Waals surface area contributed by atoms with Crippen molar-refractivity contribution in [3.63, 3.8) is 0 Å². The van der Waals surface area contributed by atoms with Crippen LogP contribution in [0.4, 0.5) is 0 Å². The van der Waals surface area contributed by atoms with Gasteiger partial charge >= 0.3 is 11.9 Å². The molecule has 27 heavy (non-hydrogen) atoms. The van der Waals surface area contributed by atoms with Crippen molar-refractivity contribution in [1.82, 2.24) is 4.98 Å². The number of aromatic nitrogens is 1. The van der Waals surface area contributed by atoms with Crippen LogP contribution < -0.4 is 5.43 Å². The topological polar surface area (TPSA) is 95.7 Å². The molecule has 0 radical (unpaired) electrons. The third kappa shape index (κ3) is 3.81. The summed E-state index contributed by atoms with van der Waals surface area (Å²) in [4.78, 5) is 42.2. The number of hydrogen-bond acceptors (Lipinski definition) is 7. The first kappa shape index (κ1) is 18.6. The van der Waals surface area contributed by atoms with Gasteiger partial charge in [0.15, 0.2) is 5.56 Å². The lowest BCUT2D eigenvalue weighted by atomic mass is 10.0. The summed E-state index contributed by atoms with van der Waals surface area (Å²) >= 11 is 0. The minimum atomic E-state index is -0.846. The van der Waals surface area contributed by atoms with Crippen molar-refractivity contribution < 1.29 is 23.5 Å². The zero-order valence-corrected chi connectivity index (χ0v) is 15.1. The van der Waals surface area contributed by atoms with E-state index >= 15 is 0 Å². The molecule has 0 aliphatic carbocycles. The van der Waals surface area contributed by atoms with Crippen LogP contribution >= 0.6 is 0 Å². The molecule has 0 unspecified atom stereocenters. The fourth-order valence-corrected chi connectivity index (χ4v) is 2.83. The fraction of sp³-hybridized carbons (Fsp3) is 0.300. The highest BCUT2D eigenvalue weighted by Gasteiger charge is 2.29. The smallest absolute Gasteiger partial charge is 0.346 e. The number of hydrogen-bond donors (Lipinski definition) is 0. The molecule has 3 rings (SSSR count). The van der Waals surface area contributed by atoms with Crippen molar-refractivity contribution >= 4 is 24.1 Å². The lowest BCUT2D eigenvalue weighted by Gasteiger charge is -2.13. The zero-order valence-electron chi connectivity index (χ0n) is 15.1. The van der Waals surface area contributed by atoms with Gasteiger partial charge in [-0.2, -0.15) is 0 Å². The van der Waals surface area contributed by atoms with E-state index in [0.29, 0.717) is 12.1 Å². The average Bonchev–Trinajstić information content (AvgIpc) is 2.64. The summed E-state index contributed by atoms with van der Waals surface area (Å²) in [6.07, 6.45) is 3.87. The molecule has 3 heterocycles. The van der Waals surface area contributed by atoms with Crippen LogP contribution in [0.25, 0.3) is 12.2 Å². The van der Waals surface area contributed by atoms with E-state index in [4.69, 9.17) is 13.9 Å². The zero-order chi connectivity index (χ0) is 19.4. The van der Waals surface area contributed by atoms with E-state index in [9.17, 15) is 14.4 Å². The van der Waals surface area contributed by atoms with Gasteiger partial charge in [-0.1, -0.05) is 6.07 Å². The molecule has 1 aliphatic rings. The SMILES string of the molecule is CCOC(=O)c1c2oc(c(C(=O)OCC)c1=O)CCc1cccc(n1)/C=C\2. The Hall–Kier alpha value is -3.22. The summed E-state index contributed by atoms with van der Waals surface area (Å²) in [5.74, 6) is -1.46. The summed E-state index contributed by atoms with van der Waals surface area (Å²) in [7, 11) is 0. The van der Waals surface area contributed by atoms with E-state index in [1.807, 2.05) is 12.1 Å². The average molecular weight is 369 g/mol. The molecule has 140 valence electrons. The Morgan fingerprint density at radius 1 is 1.04 bits per heavy atom. The maximum atomic E-state index is 13.0. The van der Waals surface area contributed by atoms with Crippen LogP contribution in [0.3, 0.4) is 0 Å². The highest BCUT2D eigenvalue weighted by Crippen LogP contribution is 2.20. The predicted molar refractivity (Wildman–Crippen MR) is 97.5 cm³/mol. The largest absolute Gasteiger partial charge is 0.462 e. The summed E-state index contributed by atoms with van der Waals surface area (Å²) < 4.78 is 15.8. The number of aryl methyl sites for hydroxylation is 2. The lowest BCUT2D eigenvalue weighted by molar-refractivity contribution is 0.0514. The first-order valence-electron chi connectivity index (χ1n) is 8.73. The predicted octanol–water partition coefficient (Wildman–Crippen LogP) is 2.66. The van der Waals surface area contributed by atoms with Gasteiger partial charge in [0.05, 0.1) is 18.9 Å². The van der Waals surface area contributed by atoms with Crippen molar-refractivity contribution in [2.45, 2.75) is 26.7 Å². The van der Waals surface area contributed by atoms with Crippen LogP contribution in [0.1, 0.15) is 57.5 Å². The minimum absolute atomic E-state index is 0.0376. The van der Waals surface area contributed by atoms with E-state index in [1.54, 1.807) is 26.0 Å². The summed E-state index contributed by atoms with van der Waals surface area (Å²) in [6, 6.07) is 5.53. The lowest BCUT2D eigenvalue weighted by Crippen LogP contribution is -2.28. The minimum Gasteiger partial charge on any atom is -0.462 e. The van der Waals surface area contributed by atoms with Crippen molar-refractivity contribution in [3.05, 3.63) is 62.5 Å². The van der Waals surface area contributed by atoms with Gasteiger partial charge in [0, 0.05) is 12.1 Å². The van der Waals surface area contributed by atoms with Crippen LogP contribution in [0.15, 0.2) is 27.4 Å². The van der Waals surface area contributed by atoms with Gasteiger partial charge in [-0.3, -0.25) is 9.78 Å². The number of nitrogens with zero attached hydrogens (tertiary/aromatic N) is 1. The molecule has 0 saturated heterocycles. The van der Waals surface area contributed by atoms with Gasteiger partial charge in [0.1, 0.15) is 17.1 Å². The van der Waals surface area contributed by atoms with E-state index < -0.39 is 17.4 Å². The van der Waals surface area contributed by atoms with Crippen molar-refractivity contribution in [3.8, 4) is 0 Å². The summed E-state index contributed by atoms with van der Waals surface area (Å²) in [5, 5.41) is 0. The molecule has 2 aromatic heterocycles. The number of ether oxygens (including phenoxy) is 2. The molecule has 4 bridgehead atoms. The van der Waals surface area contributed by atoms with Crippen LogP contribution in [0.2, 0.25) is 0 Å². The van der Waals surface area contributed by atoms with Gasteiger partial charge < -0.3 is 13.9 Å². The van der Waals surface area contributed by atoms with Crippen molar-refractivity contribution in [2.24, 2.45) is 0 Å². The summed E-state index contributed by atoms with van der Waals surface area (Å²) in [6.45, 7) is 3.44. The van der Waals surface area contributed by atoms with Crippen LogP contribution in [0.5, 0.6) is 0 Å². The van der Waals surface area contributed by atoms with E-state index in [1.165, 1.54) is 6.08 Å². The molecular weight excluding hydrogens is 350 g/mol. The van der Waals surface area contributed by atoms with Crippen LogP contribution in [0, 0.1) is 0 Å². The Bertz CT molecular complexity index is 973. The second kappa shape index (κ2) is 7.99. The van der Waals surface area contributed by atoms with Gasteiger partial charge in [0.2, 0.25) is 5.43 Å². The Balaban J connectivity index is 2.25. The van der Waals surface area contributed by atoms with E-state index in [-0.39, 0.29) is 42.3 Å². The molecule has 0 amide bonds. The molecule has 0 atom stereocenters. The number of rotatable bonds is 4. The van der Waals surface area contributed by atoms with Crippen molar-refractivity contribution in [2.75, 3.05) is 13.2 Å². The first-order valence-corrected chi connectivity index (χ1v) is 8.73. The Labute approximate surface area is 155 Å². The summed E-state index contributed by atoms with van der Waals surface area (Å²) in [5.41, 5.74) is 0.130. The van der Waals surface area contributed by atoms with Crippen molar-refractivity contribution in [1.29, 1.82) is 0 Å². The molecule has 0 spiro atoms. The maximum Gasteiger partial charge on any atom is 0.346 e. The number of esters is 2.